The molecule has 166 valence electrons. The Morgan fingerprint density at radius 3 is 1.90 bits per heavy atom. The van der Waals surface area contributed by atoms with Crippen LogP contribution in [0, 0.1) is 0 Å². The van der Waals surface area contributed by atoms with Crippen LogP contribution in [0.5, 0.6) is 0 Å². The van der Waals surface area contributed by atoms with Gasteiger partial charge in [-0.25, -0.2) is 14.8 Å². The number of carbonyl (C=O) groups is 1. The molecule has 0 aromatic carbocycles. The number of hydrogen-bond acceptors (Lipinski definition) is 7. The molecule has 2 aromatic heterocycles. The van der Waals surface area contributed by atoms with Crippen molar-refractivity contribution in [2.24, 2.45) is 0 Å². The van der Waals surface area contributed by atoms with Gasteiger partial charge in [-0.3, -0.25) is 0 Å². The van der Waals surface area contributed by atoms with Gasteiger partial charge in [0.25, 0.3) is 0 Å². The summed E-state index contributed by atoms with van der Waals surface area (Å²) in [6.45, 7) is 12.6. The van der Waals surface area contributed by atoms with E-state index in [0.29, 0.717) is 16.1 Å². The highest BCUT2D eigenvalue weighted by atomic mass is 32.2. The summed E-state index contributed by atoms with van der Waals surface area (Å²) in [5.74, 6) is -0.321. The number of pyridine rings is 2. The van der Waals surface area contributed by atoms with E-state index >= 15 is 0 Å². The largest absolute Gasteiger partial charge is 0.465 e. The smallest absolute Gasteiger partial charge is 0.340 e. The number of esters is 1. The van der Waals surface area contributed by atoms with Crippen molar-refractivity contribution in [3.05, 3.63) is 46.8 Å². The maximum Gasteiger partial charge on any atom is 0.340 e. The second-order valence-corrected chi connectivity index (χ2v) is 10.2. The number of rotatable bonds is 8. The van der Waals surface area contributed by atoms with Gasteiger partial charge in [-0.1, -0.05) is 47.6 Å². The summed E-state index contributed by atoms with van der Waals surface area (Å²) in [5, 5.41) is 11.8. The minimum absolute atomic E-state index is 0.0754. The average Bonchev–Trinajstić information content (AvgIpc) is 2.72. The van der Waals surface area contributed by atoms with Crippen LogP contribution >= 0.6 is 23.5 Å². The van der Waals surface area contributed by atoms with Crippen LogP contribution in [0.4, 0.5) is 0 Å². The predicted molar refractivity (Wildman–Crippen MR) is 126 cm³/mol. The van der Waals surface area contributed by atoms with Crippen LogP contribution in [0.15, 0.2) is 34.3 Å². The molecule has 2 rings (SSSR count). The van der Waals surface area contributed by atoms with Crippen molar-refractivity contribution in [3.8, 4) is 0 Å². The molecule has 0 fully saturated rings. The van der Waals surface area contributed by atoms with Crippen LogP contribution < -0.4 is 0 Å². The van der Waals surface area contributed by atoms with Crippen LogP contribution in [-0.2, 0) is 24.2 Å². The SMILES string of the molecule is CCc1ccc(C(=O)OC)c(SC(C)C)n1.CCc1ccc(CO)c(SC(C)C)n1. The fraction of sp³-hybridized carbons (Fsp3) is 0.522. The minimum Gasteiger partial charge on any atom is -0.465 e. The molecule has 7 heteroatoms. The minimum atomic E-state index is -0.321. The summed E-state index contributed by atoms with van der Waals surface area (Å²) in [4.78, 5) is 20.5. The molecular formula is C23H34N2O3S2. The third kappa shape index (κ3) is 8.66. The summed E-state index contributed by atoms with van der Waals surface area (Å²) in [7, 11) is 1.39. The van der Waals surface area contributed by atoms with Crippen LogP contribution in [0.1, 0.15) is 68.9 Å². The van der Waals surface area contributed by atoms with Gasteiger partial charge < -0.3 is 9.84 Å². The Bertz CT molecular complexity index is 811. The third-order valence-electron chi connectivity index (χ3n) is 3.91. The molecule has 0 aliphatic carbocycles. The molecule has 0 aliphatic rings. The summed E-state index contributed by atoms with van der Waals surface area (Å²) in [6.07, 6.45) is 1.81. The van der Waals surface area contributed by atoms with Crippen molar-refractivity contribution in [3.63, 3.8) is 0 Å². The molecular weight excluding hydrogens is 416 g/mol. The van der Waals surface area contributed by atoms with E-state index in [4.69, 9.17) is 9.84 Å². The maximum atomic E-state index is 11.5. The Kier molecular flexibility index (Phi) is 12.1. The Hall–Kier alpha value is -1.57. The molecule has 0 unspecified atom stereocenters. The zero-order valence-corrected chi connectivity index (χ0v) is 20.7. The van der Waals surface area contributed by atoms with Gasteiger partial charge in [-0.2, -0.15) is 0 Å². The van der Waals surface area contributed by atoms with Crippen molar-refractivity contribution < 1.29 is 14.6 Å². The number of nitrogens with zero attached hydrogens (tertiary/aromatic N) is 2. The predicted octanol–water partition coefficient (Wildman–Crippen LogP) is 5.57. The van der Waals surface area contributed by atoms with Crippen molar-refractivity contribution in [2.45, 2.75) is 81.5 Å². The standard InChI is InChI=1S/C12H17NO2S.C11H17NOS/c1-5-9-6-7-10(12(14)15-4)11(13-9)16-8(2)3;1-4-10-6-5-9(7-13)11(12-10)14-8(2)3/h6-8H,5H2,1-4H3;5-6,8,13H,4,7H2,1-3H3. The zero-order chi connectivity index (χ0) is 22.7. The number of methoxy groups -OCH3 is 1. The Morgan fingerprint density at radius 1 is 0.933 bits per heavy atom. The monoisotopic (exact) mass is 450 g/mol. The van der Waals surface area contributed by atoms with E-state index in [-0.39, 0.29) is 12.6 Å². The number of ether oxygens (including phenoxy) is 1. The second kappa shape index (κ2) is 13.7. The first-order chi connectivity index (χ1) is 14.2. The summed E-state index contributed by atoms with van der Waals surface area (Å²) < 4.78 is 4.74. The molecule has 0 saturated carbocycles. The van der Waals surface area contributed by atoms with Crippen LogP contribution in [0.25, 0.3) is 0 Å². The quantitative estimate of drug-likeness (QED) is 0.416. The highest BCUT2D eigenvalue weighted by Crippen LogP contribution is 2.26. The van der Waals surface area contributed by atoms with Gasteiger partial charge in [-0.05, 0) is 31.0 Å². The summed E-state index contributed by atoms with van der Waals surface area (Å²) in [5.41, 5.74) is 3.57. The van der Waals surface area contributed by atoms with Gasteiger partial charge in [0.15, 0.2) is 0 Å². The first-order valence-electron chi connectivity index (χ1n) is 10.3. The molecule has 1 N–H and O–H groups in total. The molecule has 0 spiro atoms. The number of carbonyl (C=O) groups excluding carboxylic acids is 1. The van der Waals surface area contributed by atoms with Gasteiger partial charge in [0, 0.05) is 27.5 Å². The summed E-state index contributed by atoms with van der Waals surface area (Å²) in [6, 6.07) is 7.62. The molecule has 0 atom stereocenters. The number of aliphatic hydroxyl groups excluding tert-OH is 1. The Labute approximate surface area is 189 Å². The maximum absolute atomic E-state index is 11.5. The molecule has 0 radical (unpaired) electrons. The molecule has 2 heterocycles. The van der Waals surface area contributed by atoms with E-state index in [0.717, 1.165) is 39.8 Å². The Morgan fingerprint density at radius 2 is 1.43 bits per heavy atom. The highest BCUT2D eigenvalue weighted by Gasteiger charge is 2.15. The lowest BCUT2D eigenvalue weighted by molar-refractivity contribution is 0.0596. The highest BCUT2D eigenvalue weighted by molar-refractivity contribution is 8.00. The topological polar surface area (TPSA) is 72.3 Å². The van der Waals surface area contributed by atoms with E-state index in [1.807, 2.05) is 25.1 Å². The van der Waals surface area contributed by atoms with Crippen molar-refractivity contribution >= 4 is 29.5 Å². The molecule has 0 amide bonds. The van der Waals surface area contributed by atoms with Gasteiger partial charge in [0.2, 0.25) is 0 Å². The molecule has 0 saturated heterocycles. The first-order valence-corrected chi connectivity index (χ1v) is 12.0. The molecule has 2 aromatic rings. The number of hydrogen-bond donors (Lipinski definition) is 1. The van der Waals surface area contributed by atoms with Gasteiger partial charge in [0.1, 0.15) is 10.1 Å². The van der Waals surface area contributed by atoms with E-state index in [1.54, 1.807) is 29.6 Å². The van der Waals surface area contributed by atoms with Crippen molar-refractivity contribution in [1.82, 2.24) is 9.97 Å². The summed E-state index contributed by atoms with van der Waals surface area (Å²) >= 11 is 3.29. The molecule has 0 aliphatic heterocycles. The fourth-order valence-corrected chi connectivity index (χ4v) is 4.20. The van der Waals surface area contributed by atoms with Crippen LogP contribution in [0.3, 0.4) is 0 Å². The van der Waals surface area contributed by atoms with Crippen molar-refractivity contribution in [1.29, 1.82) is 0 Å². The van der Waals surface area contributed by atoms with Crippen LogP contribution in [-0.4, -0.2) is 38.7 Å². The van der Waals surface area contributed by atoms with Gasteiger partial charge >= 0.3 is 5.97 Å². The molecule has 5 nitrogen and oxygen atoms in total. The lowest BCUT2D eigenvalue weighted by atomic mass is 10.2. The van der Waals surface area contributed by atoms with E-state index in [2.05, 4.69) is 44.6 Å². The number of thioether (sulfide) groups is 2. The molecule has 30 heavy (non-hydrogen) atoms. The normalized spacial score (nSPS) is 10.7. The Balaban J connectivity index is 0.000000303. The fourth-order valence-electron chi connectivity index (χ4n) is 2.40. The van der Waals surface area contributed by atoms with E-state index in [1.165, 1.54) is 7.11 Å². The number of aromatic nitrogens is 2. The first kappa shape index (κ1) is 26.5. The lowest BCUT2D eigenvalue weighted by Gasteiger charge is -2.10. The average molecular weight is 451 g/mol. The van der Waals surface area contributed by atoms with Crippen molar-refractivity contribution in [2.75, 3.05) is 7.11 Å². The number of aliphatic hydroxyl groups is 1. The van der Waals surface area contributed by atoms with E-state index < -0.39 is 0 Å². The van der Waals surface area contributed by atoms with E-state index in [9.17, 15) is 4.79 Å². The number of aryl methyl sites for hydroxylation is 2. The van der Waals surface area contributed by atoms with Crippen LogP contribution in [0.2, 0.25) is 0 Å². The second-order valence-electron chi connectivity index (χ2n) is 7.11. The van der Waals surface area contributed by atoms with Gasteiger partial charge in [-0.15, -0.1) is 23.5 Å². The molecule has 0 bridgehead atoms. The zero-order valence-electron chi connectivity index (χ0n) is 19.1. The lowest BCUT2D eigenvalue weighted by Crippen LogP contribution is -2.07. The van der Waals surface area contributed by atoms with Gasteiger partial charge in [0.05, 0.1) is 19.3 Å². The third-order valence-corrected chi connectivity index (χ3v) is 5.96.